The zero-order valence-electron chi connectivity index (χ0n) is 15.2. The van der Waals surface area contributed by atoms with Crippen LogP contribution in [0.15, 0.2) is 47.4 Å². The molecule has 2 N–H and O–H groups in total. The van der Waals surface area contributed by atoms with Gasteiger partial charge in [0.1, 0.15) is 0 Å². The van der Waals surface area contributed by atoms with Gasteiger partial charge in [0.2, 0.25) is 5.91 Å². The molecular formula is C21H24N2O2S. The molecule has 1 fully saturated rings. The Morgan fingerprint density at radius 3 is 2.42 bits per heavy atom. The van der Waals surface area contributed by atoms with E-state index in [4.69, 9.17) is 0 Å². The van der Waals surface area contributed by atoms with Crippen molar-refractivity contribution in [2.75, 3.05) is 11.1 Å². The van der Waals surface area contributed by atoms with Crippen LogP contribution in [0, 0.1) is 13.8 Å². The highest BCUT2D eigenvalue weighted by atomic mass is 32.2. The molecule has 4 nitrogen and oxygen atoms in total. The second-order valence-corrected chi connectivity index (χ2v) is 7.89. The highest BCUT2D eigenvalue weighted by Gasteiger charge is 2.23. The molecule has 26 heavy (non-hydrogen) atoms. The van der Waals surface area contributed by atoms with E-state index in [0.717, 1.165) is 18.6 Å². The van der Waals surface area contributed by atoms with Crippen molar-refractivity contribution in [1.29, 1.82) is 0 Å². The molecular weight excluding hydrogens is 344 g/mol. The average Bonchev–Trinajstić information content (AvgIpc) is 3.42. The van der Waals surface area contributed by atoms with Crippen molar-refractivity contribution in [2.24, 2.45) is 0 Å². The van der Waals surface area contributed by atoms with Gasteiger partial charge in [-0.15, -0.1) is 11.8 Å². The monoisotopic (exact) mass is 368 g/mol. The lowest BCUT2D eigenvalue weighted by molar-refractivity contribution is -0.115. The van der Waals surface area contributed by atoms with Crippen LogP contribution in [-0.4, -0.2) is 23.6 Å². The van der Waals surface area contributed by atoms with Gasteiger partial charge in [-0.3, -0.25) is 9.59 Å². The van der Waals surface area contributed by atoms with Crippen LogP contribution in [-0.2, 0) is 4.79 Å². The molecule has 0 bridgehead atoms. The van der Waals surface area contributed by atoms with Crippen molar-refractivity contribution in [3.05, 3.63) is 59.2 Å². The summed E-state index contributed by atoms with van der Waals surface area (Å²) in [5.74, 6) is 0.669. The van der Waals surface area contributed by atoms with Crippen LogP contribution in [0.25, 0.3) is 0 Å². The van der Waals surface area contributed by atoms with Crippen molar-refractivity contribution in [1.82, 2.24) is 5.32 Å². The topological polar surface area (TPSA) is 58.2 Å². The third kappa shape index (κ3) is 5.36. The molecule has 3 rings (SSSR count). The number of hydrogen-bond donors (Lipinski definition) is 2. The number of anilines is 1. The number of hydrogen-bond acceptors (Lipinski definition) is 3. The number of rotatable bonds is 7. The lowest BCUT2D eigenvalue weighted by Gasteiger charge is -2.08. The second kappa shape index (κ2) is 8.41. The van der Waals surface area contributed by atoms with Gasteiger partial charge < -0.3 is 10.6 Å². The van der Waals surface area contributed by atoms with E-state index in [-0.39, 0.29) is 11.8 Å². The Bertz CT molecular complexity index is 798. The highest BCUT2D eigenvalue weighted by Crippen LogP contribution is 2.22. The van der Waals surface area contributed by atoms with E-state index in [2.05, 4.69) is 42.7 Å². The van der Waals surface area contributed by atoms with Gasteiger partial charge in [-0.25, -0.2) is 0 Å². The van der Waals surface area contributed by atoms with Gasteiger partial charge in [0.05, 0.1) is 0 Å². The molecule has 1 aliphatic carbocycles. The van der Waals surface area contributed by atoms with Crippen molar-refractivity contribution >= 4 is 29.3 Å². The maximum Gasteiger partial charge on any atom is 0.251 e. The average molecular weight is 369 g/mol. The summed E-state index contributed by atoms with van der Waals surface area (Å²) in [4.78, 5) is 25.2. The van der Waals surface area contributed by atoms with E-state index in [1.165, 1.54) is 16.0 Å². The standard InChI is InChI=1S/C21H24N2O2S/c1-14-3-10-19(13-15(14)2)26-12-11-20(24)22-17-6-4-16(5-7-17)21(25)23-18-8-9-18/h3-7,10,13,18H,8-9,11-12H2,1-2H3,(H,22,24)(H,23,25). The van der Waals surface area contributed by atoms with Crippen LogP contribution in [0.1, 0.15) is 40.7 Å². The Kier molecular flexibility index (Phi) is 5.99. The number of aryl methyl sites for hydroxylation is 2. The van der Waals surface area contributed by atoms with Gasteiger partial charge in [-0.1, -0.05) is 6.07 Å². The maximum absolute atomic E-state index is 12.1. The van der Waals surface area contributed by atoms with Crippen molar-refractivity contribution < 1.29 is 9.59 Å². The first-order chi connectivity index (χ1) is 12.5. The zero-order chi connectivity index (χ0) is 18.5. The SMILES string of the molecule is Cc1ccc(SCCC(=O)Nc2ccc(C(=O)NC3CC3)cc2)cc1C. The first kappa shape index (κ1) is 18.5. The predicted octanol–water partition coefficient (Wildman–Crippen LogP) is 4.32. The molecule has 0 saturated heterocycles. The van der Waals surface area contributed by atoms with E-state index in [9.17, 15) is 9.59 Å². The van der Waals surface area contributed by atoms with Gasteiger partial charge in [-0.2, -0.15) is 0 Å². The van der Waals surface area contributed by atoms with Crippen LogP contribution in [0.5, 0.6) is 0 Å². The molecule has 136 valence electrons. The van der Waals surface area contributed by atoms with Gasteiger partial charge in [0.25, 0.3) is 5.91 Å². The maximum atomic E-state index is 12.1. The number of carbonyl (C=O) groups is 2. The van der Waals surface area contributed by atoms with Crippen LogP contribution in [0.3, 0.4) is 0 Å². The Balaban J connectivity index is 1.43. The third-order valence-electron chi connectivity index (χ3n) is 4.42. The molecule has 0 aliphatic heterocycles. The van der Waals surface area contributed by atoms with Gasteiger partial charge in [0.15, 0.2) is 0 Å². The Morgan fingerprint density at radius 1 is 1.04 bits per heavy atom. The molecule has 2 aromatic carbocycles. The normalized spacial score (nSPS) is 13.3. The summed E-state index contributed by atoms with van der Waals surface area (Å²) in [6, 6.07) is 13.7. The molecule has 1 saturated carbocycles. The predicted molar refractivity (Wildman–Crippen MR) is 107 cm³/mol. The fourth-order valence-electron chi connectivity index (χ4n) is 2.49. The van der Waals surface area contributed by atoms with E-state index in [1.54, 1.807) is 36.0 Å². The minimum absolute atomic E-state index is 0.0171. The lowest BCUT2D eigenvalue weighted by atomic mass is 10.1. The fourth-order valence-corrected chi connectivity index (χ4v) is 3.44. The van der Waals surface area contributed by atoms with Crippen LogP contribution in [0.4, 0.5) is 5.69 Å². The van der Waals surface area contributed by atoms with E-state index < -0.39 is 0 Å². The minimum Gasteiger partial charge on any atom is -0.349 e. The molecule has 0 heterocycles. The molecule has 0 atom stereocenters. The summed E-state index contributed by atoms with van der Waals surface area (Å²) < 4.78 is 0. The number of nitrogens with one attached hydrogen (secondary N) is 2. The Morgan fingerprint density at radius 2 is 1.77 bits per heavy atom. The second-order valence-electron chi connectivity index (χ2n) is 6.72. The summed E-state index contributed by atoms with van der Waals surface area (Å²) in [5, 5.41) is 5.84. The van der Waals surface area contributed by atoms with Crippen LogP contribution in [0.2, 0.25) is 0 Å². The molecule has 2 aromatic rings. The van der Waals surface area contributed by atoms with E-state index >= 15 is 0 Å². The summed E-state index contributed by atoms with van der Waals surface area (Å²) in [6.07, 6.45) is 2.58. The molecule has 2 amide bonds. The van der Waals surface area contributed by atoms with Crippen LogP contribution < -0.4 is 10.6 Å². The molecule has 0 aromatic heterocycles. The third-order valence-corrected chi connectivity index (χ3v) is 5.42. The molecule has 5 heteroatoms. The first-order valence-corrected chi connectivity index (χ1v) is 9.90. The number of amides is 2. The van der Waals surface area contributed by atoms with Crippen molar-refractivity contribution in [3.63, 3.8) is 0 Å². The smallest absolute Gasteiger partial charge is 0.251 e. The Hall–Kier alpha value is -2.27. The number of thioether (sulfide) groups is 1. The molecule has 0 spiro atoms. The zero-order valence-corrected chi connectivity index (χ0v) is 16.0. The lowest BCUT2D eigenvalue weighted by Crippen LogP contribution is -2.25. The van der Waals surface area contributed by atoms with Gasteiger partial charge in [0, 0.05) is 34.4 Å². The van der Waals surface area contributed by atoms with Gasteiger partial charge >= 0.3 is 0 Å². The molecule has 0 radical (unpaired) electrons. The summed E-state index contributed by atoms with van der Waals surface area (Å²) >= 11 is 1.69. The molecule has 1 aliphatic rings. The quantitative estimate of drug-likeness (QED) is 0.716. The summed E-state index contributed by atoms with van der Waals surface area (Å²) in [5.41, 5.74) is 3.89. The molecule has 0 unspecified atom stereocenters. The first-order valence-electron chi connectivity index (χ1n) is 8.92. The van der Waals surface area contributed by atoms with Crippen molar-refractivity contribution in [2.45, 2.75) is 44.0 Å². The van der Waals surface area contributed by atoms with E-state index in [0.29, 0.717) is 23.7 Å². The summed E-state index contributed by atoms with van der Waals surface area (Å²) in [6.45, 7) is 4.19. The van der Waals surface area contributed by atoms with Gasteiger partial charge in [-0.05, 0) is 74.2 Å². The largest absolute Gasteiger partial charge is 0.349 e. The summed E-state index contributed by atoms with van der Waals surface area (Å²) in [7, 11) is 0. The Labute approximate surface area is 158 Å². The van der Waals surface area contributed by atoms with E-state index in [1.807, 2.05) is 0 Å². The number of benzene rings is 2. The van der Waals surface area contributed by atoms with Crippen LogP contribution >= 0.6 is 11.8 Å². The number of carbonyl (C=O) groups excluding carboxylic acids is 2. The fraction of sp³-hybridized carbons (Fsp3) is 0.333. The minimum atomic E-state index is -0.0461. The van der Waals surface area contributed by atoms with Crippen molar-refractivity contribution in [3.8, 4) is 0 Å². The highest BCUT2D eigenvalue weighted by molar-refractivity contribution is 7.99.